The zero-order valence-electron chi connectivity index (χ0n) is 11.0. The number of hydrogen-bond acceptors (Lipinski definition) is 3. The van der Waals surface area contributed by atoms with Crippen molar-refractivity contribution in [2.24, 2.45) is 5.73 Å². The number of anilines is 1. The summed E-state index contributed by atoms with van der Waals surface area (Å²) >= 11 is 0. The van der Waals surface area contributed by atoms with E-state index < -0.39 is 16.1 Å². The second kappa shape index (κ2) is 6.53. The summed E-state index contributed by atoms with van der Waals surface area (Å²) in [5.41, 5.74) is 6.38. The average molecular weight is 285 g/mol. The van der Waals surface area contributed by atoms with Crippen molar-refractivity contribution in [3.8, 4) is 0 Å². The Hall–Kier alpha value is -1.60. The lowest BCUT2D eigenvalue weighted by Gasteiger charge is -2.14. The molecule has 0 spiro atoms. The molecule has 0 radical (unpaired) electrons. The number of urea groups is 1. The standard InChI is InChI=1S/C12H19N3O3S/c1-3-8-19(17,18)15-9(2)10-4-6-11(7-5-10)14-12(13)16/h4-7,9,15H,3,8H2,1-2H3,(H3,13,14,16). The molecular weight excluding hydrogens is 266 g/mol. The van der Waals surface area contributed by atoms with Crippen LogP contribution in [0.3, 0.4) is 0 Å². The van der Waals surface area contributed by atoms with Crippen molar-refractivity contribution in [1.82, 2.24) is 4.72 Å². The van der Waals surface area contributed by atoms with Crippen LogP contribution in [-0.4, -0.2) is 20.2 Å². The van der Waals surface area contributed by atoms with Gasteiger partial charge >= 0.3 is 6.03 Å². The SMILES string of the molecule is CCCS(=O)(=O)NC(C)c1ccc(NC(N)=O)cc1. The van der Waals surface area contributed by atoms with E-state index in [9.17, 15) is 13.2 Å². The Balaban J connectivity index is 2.73. The highest BCUT2D eigenvalue weighted by molar-refractivity contribution is 7.89. The molecule has 1 atom stereocenters. The third-order valence-corrected chi connectivity index (χ3v) is 4.17. The zero-order valence-corrected chi connectivity index (χ0v) is 11.8. The van der Waals surface area contributed by atoms with Gasteiger partial charge in [0, 0.05) is 11.7 Å². The lowest BCUT2D eigenvalue weighted by Crippen LogP contribution is -2.28. The molecule has 1 unspecified atom stereocenters. The maximum atomic E-state index is 11.6. The Morgan fingerprint density at radius 1 is 1.32 bits per heavy atom. The highest BCUT2D eigenvalue weighted by Gasteiger charge is 2.14. The summed E-state index contributed by atoms with van der Waals surface area (Å²) in [7, 11) is -3.25. The molecule has 106 valence electrons. The van der Waals surface area contributed by atoms with Crippen LogP contribution in [0.5, 0.6) is 0 Å². The van der Waals surface area contributed by atoms with Gasteiger partial charge in [-0.05, 0) is 31.0 Å². The number of nitrogens with one attached hydrogen (secondary N) is 2. The minimum Gasteiger partial charge on any atom is -0.351 e. The largest absolute Gasteiger partial charge is 0.351 e. The first kappa shape index (κ1) is 15.5. The molecule has 7 heteroatoms. The van der Waals surface area contributed by atoms with E-state index in [0.717, 1.165) is 5.56 Å². The van der Waals surface area contributed by atoms with Crippen molar-refractivity contribution < 1.29 is 13.2 Å². The van der Waals surface area contributed by atoms with Gasteiger partial charge in [-0.1, -0.05) is 19.1 Å². The van der Waals surface area contributed by atoms with Crippen LogP contribution >= 0.6 is 0 Å². The van der Waals surface area contributed by atoms with Crippen LogP contribution in [0.25, 0.3) is 0 Å². The Morgan fingerprint density at radius 3 is 2.37 bits per heavy atom. The third kappa shape index (κ3) is 5.27. The van der Waals surface area contributed by atoms with Gasteiger partial charge in [0.05, 0.1) is 5.75 Å². The van der Waals surface area contributed by atoms with Gasteiger partial charge in [-0.2, -0.15) is 0 Å². The van der Waals surface area contributed by atoms with Crippen LogP contribution < -0.4 is 15.8 Å². The fourth-order valence-electron chi connectivity index (χ4n) is 1.66. The zero-order chi connectivity index (χ0) is 14.5. The number of hydrogen-bond donors (Lipinski definition) is 3. The molecule has 1 aromatic rings. The number of amides is 2. The van der Waals surface area contributed by atoms with Crippen LogP contribution in [0.1, 0.15) is 31.9 Å². The van der Waals surface area contributed by atoms with E-state index in [-0.39, 0.29) is 11.8 Å². The Kier molecular flexibility index (Phi) is 5.31. The molecule has 0 heterocycles. The molecular formula is C12H19N3O3S. The number of carbonyl (C=O) groups is 1. The molecule has 2 amide bonds. The molecule has 6 nitrogen and oxygen atoms in total. The normalized spacial score (nSPS) is 12.9. The van der Waals surface area contributed by atoms with Gasteiger partial charge in [-0.25, -0.2) is 17.9 Å². The first-order valence-corrected chi connectivity index (χ1v) is 7.65. The molecule has 1 aromatic carbocycles. The monoisotopic (exact) mass is 285 g/mol. The number of benzene rings is 1. The number of carbonyl (C=O) groups excluding carboxylic acids is 1. The highest BCUT2D eigenvalue weighted by Crippen LogP contribution is 2.16. The van der Waals surface area contributed by atoms with Crippen LogP contribution in [-0.2, 0) is 10.0 Å². The molecule has 19 heavy (non-hydrogen) atoms. The van der Waals surface area contributed by atoms with E-state index in [0.29, 0.717) is 12.1 Å². The van der Waals surface area contributed by atoms with Gasteiger partial charge in [0.2, 0.25) is 10.0 Å². The van der Waals surface area contributed by atoms with E-state index >= 15 is 0 Å². The van der Waals surface area contributed by atoms with Crippen molar-refractivity contribution in [1.29, 1.82) is 0 Å². The van der Waals surface area contributed by atoms with Gasteiger partial charge in [0.15, 0.2) is 0 Å². The summed E-state index contributed by atoms with van der Waals surface area (Å²) in [6.07, 6.45) is 0.573. The van der Waals surface area contributed by atoms with Crippen LogP contribution in [0.4, 0.5) is 10.5 Å². The number of sulfonamides is 1. The van der Waals surface area contributed by atoms with Crippen molar-refractivity contribution in [2.45, 2.75) is 26.3 Å². The maximum absolute atomic E-state index is 11.6. The van der Waals surface area contributed by atoms with Crippen LogP contribution in [0.2, 0.25) is 0 Å². The molecule has 4 N–H and O–H groups in total. The predicted molar refractivity (Wildman–Crippen MR) is 75.3 cm³/mol. The lowest BCUT2D eigenvalue weighted by atomic mass is 10.1. The summed E-state index contributed by atoms with van der Waals surface area (Å²) in [6.45, 7) is 3.58. The van der Waals surface area contributed by atoms with Crippen molar-refractivity contribution in [2.75, 3.05) is 11.1 Å². The Morgan fingerprint density at radius 2 is 1.89 bits per heavy atom. The van der Waals surface area contributed by atoms with E-state index in [2.05, 4.69) is 10.0 Å². The van der Waals surface area contributed by atoms with Crippen molar-refractivity contribution in [3.05, 3.63) is 29.8 Å². The minimum atomic E-state index is -3.25. The topological polar surface area (TPSA) is 101 Å². The molecule has 0 aliphatic carbocycles. The maximum Gasteiger partial charge on any atom is 0.316 e. The molecule has 0 aromatic heterocycles. The molecule has 0 aliphatic rings. The smallest absolute Gasteiger partial charge is 0.316 e. The average Bonchev–Trinajstić information content (AvgIpc) is 2.28. The first-order chi connectivity index (χ1) is 8.84. The van der Waals surface area contributed by atoms with Crippen LogP contribution in [0.15, 0.2) is 24.3 Å². The van der Waals surface area contributed by atoms with Gasteiger partial charge < -0.3 is 11.1 Å². The van der Waals surface area contributed by atoms with Crippen LogP contribution in [0, 0.1) is 0 Å². The van der Waals surface area contributed by atoms with Gasteiger partial charge in [0.1, 0.15) is 0 Å². The number of nitrogens with two attached hydrogens (primary N) is 1. The third-order valence-electron chi connectivity index (χ3n) is 2.51. The fraction of sp³-hybridized carbons (Fsp3) is 0.417. The van der Waals surface area contributed by atoms with Crippen molar-refractivity contribution in [3.63, 3.8) is 0 Å². The second-order valence-corrected chi connectivity index (χ2v) is 6.14. The van der Waals surface area contributed by atoms with E-state index in [1.54, 1.807) is 31.2 Å². The molecule has 0 bridgehead atoms. The fourth-order valence-corrected chi connectivity index (χ4v) is 2.99. The Bertz CT molecular complexity index is 526. The van der Waals surface area contributed by atoms with E-state index in [1.165, 1.54) is 0 Å². The van der Waals surface area contributed by atoms with E-state index in [4.69, 9.17) is 5.73 Å². The van der Waals surface area contributed by atoms with Gasteiger partial charge in [-0.3, -0.25) is 0 Å². The first-order valence-electron chi connectivity index (χ1n) is 6.00. The van der Waals surface area contributed by atoms with E-state index in [1.807, 2.05) is 6.92 Å². The summed E-state index contributed by atoms with van der Waals surface area (Å²) in [5, 5.41) is 2.44. The predicted octanol–water partition coefficient (Wildman–Crippen LogP) is 1.57. The number of rotatable bonds is 6. The van der Waals surface area contributed by atoms with Crippen molar-refractivity contribution >= 4 is 21.7 Å². The quantitative estimate of drug-likeness (QED) is 0.739. The summed E-state index contributed by atoms with van der Waals surface area (Å²) in [5.74, 6) is 0.110. The molecule has 0 aliphatic heterocycles. The lowest BCUT2D eigenvalue weighted by molar-refractivity contribution is 0.259. The second-order valence-electron chi connectivity index (χ2n) is 4.27. The molecule has 1 rings (SSSR count). The highest BCUT2D eigenvalue weighted by atomic mass is 32.2. The molecule has 0 fully saturated rings. The summed E-state index contributed by atoms with van der Waals surface area (Å²) in [4.78, 5) is 10.7. The summed E-state index contributed by atoms with van der Waals surface area (Å²) in [6, 6.07) is 5.87. The summed E-state index contributed by atoms with van der Waals surface area (Å²) < 4.78 is 25.9. The Labute approximate surface area is 113 Å². The molecule has 0 saturated carbocycles. The minimum absolute atomic E-state index is 0.110. The van der Waals surface area contributed by atoms with Gasteiger partial charge in [0.25, 0.3) is 0 Å². The van der Waals surface area contributed by atoms with Gasteiger partial charge in [-0.15, -0.1) is 0 Å². The number of primary amides is 1. The molecule has 0 saturated heterocycles.